The van der Waals surface area contributed by atoms with Crippen LogP contribution in [0.5, 0.6) is 0 Å². The molecule has 0 aliphatic heterocycles. The Balaban J connectivity index is 0. The minimum Gasteiger partial charge on any atom is -0.481 e. The zero-order chi connectivity index (χ0) is 12.9. The van der Waals surface area contributed by atoms with Crippen LogP contribution in [-0.2, 0) is 14.5 Å². The molecule has 0 aliphatic rings. The maximum Gasteiger partial charge on any atom is 0.348 e. The number of carbonyl (C=O) groups excluding carboxylic acids is 1. The lowest BCUT2D eigenvalue weighted by atomic mass is 10.1. The molecule has 0 heterocycles. The molecule has 108 valence electrons. The van der Waals surface area contributed by atoms with Crippen LogP contribution in [0.2, 0.25) is 0 Å². The van der Waals surface area contributed by atoms with Gasteiger partial charge in [-0.05, 0) is 12.8 Å². The van der Waals surface area contributed by atoms with Crippen molar-refractivity contribution in [3.05, 3.63) is 0 Å². The Morgan fingerprint density at radius 2 is 1.22 bits per heavy atom. The maximum absolute atomic E-state index is 11.3. The van der Waals surface area contributed by atoms with Gasteiger partial charge in [0.05, 0.1) is 0 Å². The molecule has 0 atom stereocenters. The largest absolute Gasteiger partial charge is 0.481 e. The molecule has 0 fully saturated rings. The molecule has 4 N–H and O–H groups in total. The highest BCUT2D eigenvalue weighted by Crippen LogP contribution is 2.10. The number of rotatable bonds is 11. The monoisotopic (exact) mass is 265 g/mol. The molecule has 0 aromatic rings. The fraction of sp³-hybridized carbons (Fsp3) is 0.833. The fourth-order valence-electron chi connectivity index (χ4n) is 1.64. The molecule has 6 heteroatoms. The van der Waals surface area contributed by atoms with Crippen LogP contribution < -0.4 is 6.15 Å². The predicted molar refractivity (Wildman–Crippen MR) is 66.0 cm³/mol. The van der Waals surface area contributed by atoms with Crippen molar-refractivity contribution in [2.75, 3.05) is 0 Å². The summed E-state index contributed by atoms with van der Waals surface area (Å²) in [5.41, 5.74) is 0. The minimum absolute atomic E-state index is 0. The van der Waals surface area contributed by atoms with E-state index in [-0.39, 0.29) is 19.0 Å². The lowest BCUT2D eigenvalue weighted by molar-refractivity contribution is -0.183. The van der Waals surface area contributed by atoms with Crippen molar-refractivity contribution >= 4 is 11.9 Å². The summed E-state index contributed by atoms with van der Waals surface area (Å²) in [5, 5.41) is 8.41. The molecular formula is C12H24FNO4. The second kappa shape index (κ2) is 13.9. The van der Waals surface area contributed by atoms with E-state index in [4.69, 9.17) is 5.11 Å². The Morgan fingerprint density at radius 3 is 1.61 bits per heavy atom. The number of aliphatic carboxylic acids is 1. The van der Waals surface area contributed by atoms with Crippen molar-refractivity contribution in [1.82, 2.24) is 6.15 Å². The molecule has 18 heavy (non-hydrogen) atoms. The Labute approximate surface area is 107 Å². The van der Waals surface area contributed by atoms with E-state index >= 15 is 0 Å². The first-order valence-electron chi connectivity index (χ1n) is 6.20. The summed E-state index contributed by atoms with van der Waals surface area (Å²) in [6, 6.07) is 0. The van der Waals surface area contributed by atoms with Gasteiger partial charge in [0.15, 0.2) is 0 Å². The van der Waals surface area contributed by atoms with Gasteiger partial charge in [-0.3, -0.25) is 9.74 Å². The van der Waals surface area contributed by atoms with Crippen LogP contribution in [0.15, 0.2) is 0 Å². The zero-order valence-electron chi connectivity index (χ0n) is 10.8. The number of carboxylic acid groups (broad SMARTS) is 1. The van der Waals surface area contributed by atoms with Crippen LogP contribution in [0.1, 0.15) is 64.2 Å². The summed E-state index contributed by atoms with van der Waals surface area (Å²) in [6.07, 6.45) is 7.94. The maximum atomic E-state index is 11.3. The van der Waals surface area contributed by atoms with Crippen LogP contribution >= 0.6 is 0 Å². The summed E-state index contributed by atoms with van der Waals surface area (Å²) in [7, 11) is 0. The third-order valence-electron chi connectivity index (χ3n) is 2.61. The Morgan fingerprint density at radius 1 is 0.833 bits per heavy atom. The van der Waals surface area contributed by atoms with Crippen LogP contribution in [-0.4, -0.2) is 17.0 Å². The van der Waals surface area contributed by atoms with Crippen LogP contribution in [0.3, 0.4) is 0 Å². The number of carboxylic acids is 1. The Kier molecular flexibility index (Phi) is 14.8. The minimum atomic E-state index is -0.793. The van der Waals surface area contributed by atoms with Crippen molar-refractivity contribution in [2.24, 2.45) is 0 Å². The molecule has 0 saturated heterocycles. The second-order valence-corrected chi connectivity index (χ2v) is 4.17. The molecule has 0 bridgehead atoms. The van der Waals surface area contributed by atoms with Crippen molar-refractivity contribution in [3.63, 3.8) is 0 Å². The smallest absolute Gasteiger partial charge is 0.348 e. The highest BCUT2D eigenvalue weighted by atomic mass is 19.3. The summed E-state index contributed by atoms with van der Waals surface area (Å²) in [4.78, 5) is 23.7. The van der Waals surface area contributed by atoms with Gasteiger partial charge < -0.3 is 11.3 Å². The summed E-state index contributed by atoms with van der Waals surface area (Å²) < 4.78 is 11.3. The molecule has 5 nitrogen and oxygen atoms in total. The van der Waals surface area contributed by atoms with Gasteiger partial charge in [0.2, 0.25) is 0 Å². The topological polar surface area (TPSA) is 98.6 Å². The molecule has 0 aliphatic carbocycles. The molecular weight excluding hydrogens is 241 g/mol. The highest BCUT2D eigenvalue weighted by Gasteiger charge is 2.01. The average Bonchev–Trinajstić information content (AvgIpc) is 2.30. The van der Waals surface area contributed by atoms with Gasteiger partial charge in [-0.2, -0.15) is 0 Å². The van der Waals surface area contributed by atoms with Crippen molar-refractivity contribution in [2.45, 2.75) is 64.2 Å². The highest BCUT2D eigenvalue weighted by molar-refractivity contribution is 5.68. The first kappa shape index (κ1) is 19.2. The number of unbranched alkanes of at least 4 members (excludes halogenated alkanes) is 7. The Hall–Kier alpha value is -1.17. The van der Waals surface area contributed by atoms with E-state index in [1.54, 1.807) is 0 Å². The summed E-state index contributed by atoms with van der Waals surface area (Å²) in [5.74, 6) is -1.52. The van der Waals surface area contributed by atoms with E-state index in [1.807, 2.05) is 0 Å². The lowest BCUT2D eigenvalue weighted by Crippen LogP contribution is -1.96. The second-order valence-electron chi connectivity index (χ2n) is 4.17. The van der Waals surface area contributed by atoms with Gasteiger partial charge in [0.25, 0.3) is 0 Å². The third-order valence-corrected chi connectivity index (χ3v) is 2.61. The van der Waals surface area contributed by atoms with E-state index in [9.17, 15) is 14.1 Å². The van der Waals surface area contributed by atoms with Gasteiger partial charge >= 0.3 is 11.9 Å². The van der Waals surface area contributed by atoms with Gasteiger partial charge in [-0.1, -0.05) is 38.5 Å². The Bertz CT molecular complexity index is 224. The predicted octanol–water partition coefficient (Wildman–Crippen LogP) is 3.56. The zero-order valence-corrected chi connectivity index (χ0v) is 10.8. The van der Waals surface area contributed by atoms with Gasteiger partial charge in [-0.15, -0.1) is 0 Å². The normalized spacial score (nSPS) is 9.61. The van der Waals surface area contributed by atoms with Gasteiger partial charge in [-0.25, -0.2) is 4.79 Å². The molecule has 0 amide bonds. The first-order valence-corrected chi connectivity index (χ1v) is 6.20. The quantitative estimate of drug-likeness (QED) is 0.556. The fourth-order valence-corrected chi connectivity index (χ4v) is 1.64. The number of hydrogen-bond acceptors (Lipinski definition) is 4. The molecule has 0 aromatic heterocycles. The number of carbonyl (C=O) groups is 2. The van der Waals surface area contributed by atoms with Crippen molar-refractivity contribution in [3.8, 4) is 0 Å². The van der Waals surface area contributed by atoms with Crippen LogP contribution in [0.25, 0.3) is 0 Å². The van der Waals surface area contributed by atoms with Crippen molar-refractivity contribution in [1.29, 1.82) is 0 Å². The molecule has 0 rings (SSSR count). The lowest BCUT2D eigenvalue weighted by Gasteiger charge is -2.00. The van der Waals surface area contributed by atoms with E-state index in [0.717, 1.165) is 44.9 Å². The van der Waals surface area contributed by atoms with Crippen molar-refractivity contribution < 1.29 is 24.2 Å². The molecule has 0 radical (unpaired) electrons. The summed E-state index contributed by atoms with van der Waals surface area (Å²) >= 11 is 0. The molecule has 0 spiro atoms. The molecule has 0 aromatic carbocycles. The average molecular weight is 265 g/mol. The molecule has 0 unspecified atom stereocenters. The van der Waals surface area contributed by atoms with Gasteiger partial charge in [0.1, 0.15) is 0 Å². The van der Waals surface area contributed by atoms with Crippen LogP contribution in [0.4, 0.5) is 4.53 Å². The SMILES string of the molecule is N.O=C(O)CCCCCCCCCCC(=O)OF. The summed E-state index contributed by atoms with van der Waals surface area (Å²) in [6.45, 7) is 0. The molecule has 0 saturated carbocycles. The van der Waals surface area contributed by atoms with E-state index in [2.05, 4.69) is 4.94 Å². The number of hydrogen-bond donors (Lipinski definition) is 2. The van der Waals surface area contributed by atoms with Crippen LogP contribution in [0, 0.1) is 0 Å². The third kappa shape index (κ3) is 14.8. The first-order chi connectivity index (χ1) is 8.16. The van der Waals surface area contributed by atoms with E-state index in [1.165, 1.54) is 0 Å². The van der Waals surface area contributed by atoms with Gasteiger partial charge in [0, 0.05) is 17.4 Å². The van der Waals surface area contributed by atoms with E-state index < -0.39 is 11.9 Å². The van der Waals surface area contributed by atoms with E-state index in [0.29, 0.717) is 6.42 Å². The number of halogens is 1. The standard InChI is InChI=1S/C12H21FO4.H3N/c13-17-12(16)10-8-6-4-2-1-3-5-7-9-11(14)15;/h1-10H2,(H,14,15);1H3.